The van der Waals surface area contributed by atoms with Crippen LogP contribution in [0, 0.1) is 17.5 Å². The van der Waals surface area contributed by atoms with Crippen molar-refractivity contribution in [2.75, 3.05) is 0 Å². The SMILES string of the molecule is C/C=C/C=C(/C(=O)O)c1ccc(-c2cc(F)c(F)c(F)c2)cc1. The summed E-state index contributed by atoms with van der Waals surface area (Å²) in [7, 11) is 0. The Balaban J connectivity index is 2.41. The van der Waals surface area contributed by atoms with E-state index >= 15 is 0 Å². The average Bonchev–Trinajstić information content (AvgIpc) is 2.53. The van der Waals surface area contributed by atoms with Crippen molar-refractivity contribution in [3.8, 4) is 11.1 Å². The normalized spacial score (nSPS) is 11.9. The van der Waals surface area contributed by atoms with Gasteiger partial charge in [-0.25, -0.2) is 18.0 Å². The predicted molar refractivity (Wildman–Crippen MR) is 82.2 cm³/mol. The van der Waals surface area contributed by atoms with Crippen LogP contribution in [0.1, 0.15) is 12.5 Å². The molecule has 0 aliphatic carbocycles. The Bertz CT molecular complexity index is 767. The largest absolute Gasteiger partial charge is 0.478 e. The fourth-order valence-corrected chi connectivity index (χ4v) is 2.05. The van der Waals surface area contributed by atoms with E-state index in [1.165, 1.54) is 30.3 Å². The molecule has 0 fully saturated rings. The van der Waals surface area contributed by atoms with E-state index in [1.807, 2.05) is 0 Å². The van der Waals surface area contributed by atoms with Crippen LogP contribution in [0.3, 0.4) is 0 Å². The molecule has 0 bridgehead atoms. The topological polar surface area (TPSA) is 37.3 Å². The van der Waals surface area contributed by atoms with E-state index in [1.54, 1.807) is 19.1 Å². The minimum atomic E-state index is -1.52. The summed E-state index contributed by atoms with van der Waals surface area (Å²) in [5.41, 5.74) is 1.15. The number of halogens is 3. The van der Waals surface area contributed by atoms with E-state index in [2.05, 4.69) is 0 Å². The van der Waals surface area contributed by atoms with Gasteiger partial charge in [0.25, 0.3) is 0 Å². The first-order valence-electron chi connectivity index (χ1n) is 6.75. The first kappa shape index (κ1) is 16.5. The molecule has 0 aliphatic heterocycles. The van der Waals surface area contributed by atoms with E-state index in [9.17, 15) is 23.1 Å². The number of hydrogen-bond acceptors (Lipinski definition) is 1. The maximum Gasteiger partial charge on any atom is 0.336 e. The molecule has 0 saturated heterocycles. The Labute approximate surface area is 131 Å². The third-order valence-corrected chi connectivity index (χ3v) is 3.20. The molecule has 0 saturated carbocycles. The van der Waals surface area contributed by atoms with Crippen LogP contribution in [-0.2, 0) is 4.79 Å². The van der Waals surface area contributed by atoms with E-state index < -0.39 is 23.4 Å². The molecule has 2 aromatic carbocycles. The summed E-state index contributed by atoms with van der Waals surface area (Å²) in [6, 6.07) is 7.88. The van der Waals surface area contributed by atoms with Crippen molar-refractivity contribution in [2.24, 2.45) is 0 Å². The summed E-state index contributed by atoms with van der Waals surface area (Å²) in [5, 5.41) is 9.20. The zero-order valence-corrected chi connectivity index (χ0v) is 12.2. The van der Waals surface area contributed by atoms with Gasteiger partial charge in [-0.1, -0.05) is 36.4 Å². The summed E-state index contributed by atoms with van der Waals surface area (Å²) in [6.45, 7) is 1.76. The fraction of sp³-hybridized carbons (Fsp3) is 0.0556. The number of rotatable bonds is 4. The smallest absolute Gasteiger partial charge is 0.336 e. The number of allylic oxidation sites excluding steroid dienone is 3. The van der Waals surface area contributed by atoms with Crippen molar-refractivity contribution in [1.82, 2.24) is 0 Å². The second kappa shape index (κ2) is 6.96. The molecule has 0 atom stereocenters. The maximum atomic E-state index is 13.3. The van der Waals surface area contributed by atoms with Gasteiger partial charge in [0.1, 0.15) is 0 Å². The van der Waals surface area contributed by atoms with Crippen LogP contribution in [0.5, 0.6) is 0 Å². The molecule has 23 heavy (non-hydrogen) atoms. The quantitative estimate of drug-likeness (QED) is 0.499. The van der Waals surface area contributed by atoms with Gasteiger partial charge < -0.3 is 5.11 Å². The lowest BCUT2D eigenvalue weighted by molar-refractivity contribution is -0.130. The van der Waals surface area contributed by atoms with Gasteiger partial charge in [0.15, 0.2) is 17.5 Å². The number of benzene rings is 2. The molecular formula is C18H13F3O2. The molecule has 0 amide bonds. The Hall–Kier alpha value is -2.82. The third kappa shape index (κ3) is 3.69. The number of carboxylic acids is 1. The highest BCUT2D eigenvalue weighted by Crippen LogP contribution is 2.25. The van der Waals surface area contributed by atoms with Gasteiger partial charge in [-0.15, -0.1) is 0 Å². The summed E-state index contributed by atoms with van der Waals surface area (Å²) >= 11 is 0. The molecule has 2 aromatic rings. The second-order valence-electron chi connectivity index (χ2n) is 4.74. The molecule has 0 radical (unpaired) electrons. The van der Waals surface area contributed by atoms with Gasteiger partial charge in [-0.2, -0.15) is 0 Å². The summed E-state index contributed by atoms with van der Waals surface area (Å²) in [5.74, 6) is -5.16. The Morgan fingerprint density at radius 3 is 2.04 bits per heavy atom. The molecule has 0 aromatic heterocycles. The van der Waals surface area contributed by atoms with Crippen LogP contribution in [0.4, 0.5) is 13.2 Å². The standard InChI is InChI=1S/C18H13F3O2/c1-2-3-4-14(18(22)23)12-7-5-11(6-8-12)13-9-15(19)17(21)16(20)10-13/h2-10H,1H3,(H,22,23)/b3-2+,14-4+. The third-order valence-electron chi connectivity index (χ3n) is 3.20. The zero-order valence-electron chi connectivity index (χ0n) is 12.2. The van der Waals surface area contributed by atoms with E-state index in [0.717, 1.165) is 12.1 Å². The lowest BCUT2D eigenvalue weighted by atomic mass is 10.00. The molecule has 0 spiro atoms. The number of aliphatic carboxylic acids is 1. The molecule has 5 heteroatoms. The zero-order chi connectivity index (χ0) is 17.0. The van der Waals surface area contributed by atoms with Crippen LogP contribution in [0.2, 0.25) is 0 Å². The average molecular weight is 318 g/mol. The number of hydrogen-bond donors (Lipinski definition) is 1. The van der Waals surface area contributed by atoms with E-state index in [4.69, 9.17) is 0 Å². The summed E-state index contributed by atoms with van der Waals surface area (Å²) in [4.78, 5) is 11.2. The summed E-state index contributed by atoms with van der Waals surface area (Å²) in [6.07, 6.45) is 4.75. The Morgan fingerprint density at radius 1 is 1.00 bits per heavy atom. The number of carbonyl (C=O) groups is 1. The van der Waals surface area contributed by atoms with Gasteiger partial charge in [-0.05, 0) is 41.8 Å². The Kier molecular flexibility index (Phi) is 5.01. The monoisotopic (exact) mass is 318 g/mol. The summed E-state index contributed by atoms with van der Waals surface area (Å²) < 4.78 is 39.5. The van der Waals surface area contributed by atoms with Crippen molar-refractivity contribution in [3.63, 3.8) is 0 Å². The maximum absolute atomic E-state index is 13.3. The predicted octanol–water partition coefficient (Wildman–Crippen LogP) is 4.82. The van der Waals surface area contributed by atoms with Crippen LogP contribution in [0.25, 0.3) is 16.7 Å². The fourth-order valence-electron chi connectivity index (χ4n) is 2.05. The van der Waals surface area contributed by atoms with Crippen molar-refractivity contribution in [1.29, 1.82) is 0 Å². The minimum absolute atomic E-state index is 0.0890. The van der Waals surface area contributed by atoms with Crippen molar-refractivity contribution in [2.45, 2.75) is 6.92 Å². The van der Waals surface area contributed by atoms with Crippen LogP contribution in [0.15, 0.2) is 54.6 Å². The van der Waals surface area contributed by atoms with Gasteiger partial charge in [0.2, 0.25) is 0 Å². The molecular weight excluding hydrogens is 305 g/mol. The van der Waals surface area contributed by atoms with Gasteiger partial charge in [0.05, 0.1) is 5.57 Å². The molecule has 1 N–H and O–H groups in total. The van der Waals surface area contributed by atoms with E-state index in [0.29, 0.717) is 11.1 Å². The first-order chi connectivity index (χ1) is 10.9. The lowest BCUT2D eigenvalue weighted by Crippen LogP contribution is -1.99. The molecule has 118 valence electrons. The van der Waals surface area contributed by atoms with Gasteiger partial charge in [-0.3, -0.25) is 0 Å². The highest BCUT2D eigenvalue weighted by molar-refractivity contribution is 6.15. The van der Waals surface area contributed by atoms with Crippen molar-refractivity contribution >= 4 is 11.5 Å². The van der Waals surface area contributed by atoms with E-state index in [-0.39, 0.29) is 11.1 Å². The van der Waals surface area contributed by atoms with Crippen molar-refractivity contribution < 1.29 is 23.1 Å². The lowest BCUT2D eigenvalue weighted by Gasteiger charge is -2.06. The van der Waals surface area contributed by atoms with Crippen LogP contribution >= 0.6 is 0 Å². The second-order valence-corrected chi connectivity index (χ2v) is 4.74. The van der Waals surface area contributed by atoms with Gasteiger partial charge in [0, 0.05) is 0 Å². The van der Waals surface area contributed by atoms with Gasteiger partial charge >= 0.3 is 5.97 Å². The minimum Gasteiger partial charge on any atom is -0.478 e. The molecule has 2 nitrogen and oxygen atoms in total. The Morgan fingerprint density at radius 2 is 1.57 bits per heavy atom. The highest BCUT2D eigenvalue weighted by atomic mass is 19.2. The molecule has 2 rings (SSSR count). The molecule has 0 unspecified atom stereocenters. The van der Waals surface area contributed by atoms with Crippen molar-refractivity contribution in [3.05, 3.63) is 77.6 Å². The molecule has 0 heterocycles. The molecule has 0 aliphatic rings. The first-order valence-corrected chi connectivity index (χ1v) is 6.75. The van der Waals surface area contributed by atoms with Crippen LogP contribution in [-0.4, -0.2) is 11.1 Å². The van der Waals surface area contributed by atoms with Crippen LogP contribution < -0.4 is 0 Å². The highest BCUT2D eigenvalue weighted by Gasteiger charge is 2.13. The number of carboxylic acid groups (broad SMARTS) is 1.